The third-order valence-electron chi connectivity index (χ3n) is 2.91. The van der Waals surface area contributed by atoms with Gasteiger partial charge in [0.15, 0.2) is 0 Å². The molecule has 0 aromatic carbocycles. The van der Waals surface area contributed by atoms with E-state index in [1.54, 1.807) is 0 Å². The quantitative estimate of drug-likeness (QED) is 0.847. The van der Waals surface area contributed by atoms with Crippen LogP contribution in [0.1, 0.15) is 13.3 Å². The molecule has 2 rings (SSSR count). The van der Waals surface area contributed by atoms with E-state index in [1.807, 2.05) is 6.92 Å². The normalized spacial score (nSPS) is 22.0. The summed E-state index contributed by atoms with van der Waals surface area (Å²) >= 11 is 5.92. The smallest absolute Gasteiger partial charge is 0.246 e. The van der Waals surface area contributed by atoms with E-state index in [0.717, 1.165) is 6.42 Å². The molecule has 0 N–H and O–H groups in total. The summed E-state index contributed by atoms with van der Waals surface area (Å²) in [5, 5.41) is 0.199. The Morgan fingerprint density at radius 3 is 3.06 bits per heavy atom. The van der Waals surface area contributed by atoms with E-state index >= 15 is 0 Å². The minimum atomic E-state index is -3.58. The van der Waals surface area contributed by atoms with Gasteiger partial charge in [0.1, 0.15) is 4.90 Å². The van der Waals surface area contributed by atoms with E-state index in [4.69, 9.17) is 16.3 Å². The number of morpholine rings is 1. The molecule has 1 aromatic rings. The summed E-state index contributed by atoms with van der Waals surface area (Å²) in [6.07, 6.45) is 3.49. The van der Waals surface area contributed by atoms with Crippen LogP contribution in [0.2, 0.25) is 5.02 Å². The van der Waals surface area contributed by atoms with Gasteiger partial charge in [-0.1, -0.05) is 18.5 Å². The molecule has 1 atom stereocenters. The lowest BCUT2D eigenvalue weighted by Crippen LogP contribution is -2.45. The molecule has 1 fully saturated rings. The Bertz CT molecular complexity index is 521. The van der Waals surface area contributed by atoms with Crippen molar-refractivity contribution in [2.75, 3.05) is 19.7 Å². The van der Waals surface area contributed by atoms with Crippen LogP contribution in [-0.4, -0.2) is 43.5 Å². The van der Waals surface area contributed by atoms with E-state index < -0.39 is 10.0 Å². The number of hydrogen-bond acceptors (Lipinski definition) is 4. The predicted octanol–water partition coefficient (Wildman–Crippen LogP) is 1.53. The minimum absolute atomic E-state index is 0.0519. The van der Waals surface area contributed by atoms with Crippen LogP contribution in [0.15, 0.2) is 23.4 Å². The molecule has 18 heavy (non-hydrogen) atoms. The monoisotopic (exact) mass is 290 g/mol. The molecule has 7 heteroatoms. The summed E-state index contributed by atoms with van der Waals surface area (Å²) in [6.45, 7) is 3.10. The first kappa shape index (κ1) is 13.7. The summed E-state index contributed by atoms with van der Waals surface area (Å²) in [5.74, 6) is 0. The van der Waals surface area contributed by atoms with Crippen LogP contribution in [0, 0.1) is 0 Å². The van der Waals surface area contributed by atoms with Crippen molar-refractivity contribution in [2.45, 2.75) is 24.3 Å². The van der Waals surface area contributed by atoms with Crippen molar-refractivity contribution in [3.63, 3.8) is 0 Å². The first-order valence-electron chi connectivity index (χ1n) is 5.77. The first-order chi connectivity index (χ1) is 8.55. The number of ether oxygens (including phenoxy) is 1. The fraction of sp³-hybridized carbons (Fsp3) is 0.545. The summed E-state index contributed by atoms with van der Waals surface area (Å²) in [6, 6.07) is 1.48. The van der Waals surface area contributed by atoms with Crippen LogP contribution in [0.4, 0.5) is 0 Å². The molecule has 5 nitrogen and oxygen atoms in total. The van der Waals surface area contributed by atoms with Crippen molar-refractivity contribution in [3.8, 4) is 0 Å². The average molecular weight is 291 g/mol. The van der Waals surface area contributed by atoms with Crippen LogP contribution >= 0.6 is 11.6 Å². The SMILES string of the molecule is CCC1CN(S(=O)(=O)c2cnccc2Cl)CCO1. The highest BCUT2D eigenvalue weighted by Crippen LogP contribution is 2.25. The van der Waals surface area contributed by atoms with Crippen molar-refractivity contribution in [1.82, 2.24) is 9.29 Å². The number of hydrogen-bond donors (Lipinski definition) is 0. The number of pyridine rings is 1. The van der Waals surface area contributed by atoms with E-state index in [2.05, 4.69) is 4.98 Å². The maximum absolute atomic E-state index is 12.4. The fourth-order valence-corrected chi connectivity index (χ4v) is 3.71. The van der Waals surface area contributed by atoms with Gasteiger partial charge in [0.25, 0.3) is 0 Å². The topological polar surface area (TPSA) is 59.5 Å². The molecule has 1 aromatic heterocycles. The third kappa shape index (κ3) is 2.66. The Morgan fingerprint density at radius 1 is 1.61 bits per heavy atom. The highest BCUT2D eigenvalue weighted by atomic mass is 35.5. The molecule has 0 saturated carbocycles. The highest BCUT2D eigenvalue weighted by molar-refractivity contribution is 7.89. The molecule has 0 amide bonds. The van der Waals surface area contributed by atoms with E-state index in [1.165, 1.54) is 22.8 Å². The number of sulfonamides is 1. The zero-order chi connectivity index (χ0) is 13.2. The molecule has 1 unspecified atom stereocenters. The molecule has 1 saturated heterocycles. The summed E-state index contributed by atoms with van der Waals surface area (Å²) in [7, 11) is -3.58. The largest absolute Gasteiger partial charge is 0.375 e. The van der Waals surface area contributed by atoms with Gasteiger partial charge in [0, 0.05) is 25.5 Å². The molecular weight excluding hydrogens is 276 g/mol. The Morgan fingerprint density at radius 2 is 2.39 bits per heavy atom. The van der Waals surface area contributed by atoms with Gasteiger partial charge in [-0.05, 0) is 12.5 Å². The fourth-order valence-electron chi connectivity index (χ4n) is 1.85. The lowest BCUT2D eigenvalue weighted by Gasteiger charge is -2.31. The van der Waals surface area contributed by atoms with Crippen molar-refractivity contribution in [2.24, 2.45) is 0 Å². The first-order valence-corrected chi connectivity index (χ1v) is 7.58. The highest BCUT2D eigenvalue weighted by Gasteiger charge is 2.31. The third-order valence-corrected chi connectivity index (χ3v) is 5.24. The standard InChI is InChI=1S/C11H15ClN2O3S/c1-2-9-8-14(5-6-17-9)18(15,16)11-7-13-4-3-10(11)12/h3-4,7,9H,2,5-6,8H2,1H3. The minimum Gasteiger partial charge on any atom is -0.375 e. The molecule has 0 radical (unpaired) electrons. The molecule has 0 bridgehead atoms. The van der Waals surface area contributed by atoms with E-state index in [9.17, 15) is 8.42 Å². The van der Waals surface area contributed by atoms with Crippen molar-refractivity contribution in [3.05, 3.63) is 23.5 Å². The van der Waals surface area contributed by atoms with Gasteiger partial charge in [0.05, 0.1) is 17.7 Å². The number of rotatable bonds is 3. The number of halogens is 1. The molecule has 0 spiro atoms. The Labute approximate surface area is 112 Å². The van der Waals surface area contributed by atoms with Crippen LogP contribution in [0.5, 0.6) is 0 Å². The van der Waals surface area contributed by atoms with Crippen LogP contribution in [-0.2, 0) is 14.8 Å². The number of nitrogens with zero attached hydrogens (tertiary/aromatic N) is 2. The lowest BCUT2D eigenvalue weighted by atomic mass is 10.2. The lowest BCUT2D eigenvalue weighted by molar-refractivity contribution is -0.00278. The van der Waals surface area contributed by atoms with Gasteiger partial charge in [-0.15, -0.1) is 0 Å². The van der Waals surface area contributed by atoms with Gasteiger partial charge in [-0.2, -0.15) is 4.31 Å². The molecule has 1 aliphatic rings. The second kappa shape index (κ2) is 5.52. The molecule has 1 aliphatic heterocycles. The van der Waals surface area contributed by atoms with E-state index in [0.29, 0.717) is 19.7 Å². The van der Waals surface area contributed by atoms with E-state index in [-0.39, 0.29) is 16.0 Å². The van der Waals surface area contributed by atoms with Crippen molar-refractivity contribution >= 4 is 21.6 Å². The zero-order valence-corrected chi connectivity index (χ0v) is 11.6. The van der Waals surface area contributed by atoms with Gasteiger partial charge < -0.3 is 4.74 Å². The zero-order valence-electron chi connectivity index (χ0n) is 10.0. The molecular formula is C11H15ClN2O3S. The Kier molecular flexibility index (Phi) is 4.21. The Balaban J connectivity index is 2.29. The van der Waals surface area contributed by atoms with Gasteiger partial charge in [-0.3, -0.25) is 4.98 Å². The van der Waals surface area contributed by atoms with Crippen molar-refractivity contribution < 1.29 is 13.2 Å². The predicted molar refractivity (Wildman–Crippen MR) is 68.0 cm³/mol. The maximum Gasteiger partial charge on any atom is 0.246 e. The van der Waals surface area contributed by atoms with Crippen LogP contribution in [0.25, 0.3) is 0 Å². The molecule has 100 valence electrons. The maximum atomic E-state index is 12.4. The summed E-state index contributed by atoms with van der Waals surface area (Å²) in [5.41, 5.74) is 0. The second-order valence-corrected chi connectivity index (χ2v) is 6.38. The Hall–Kier alpha value is -0.690. The molecule has 2 heterocycles. The summed E-state index contributed by atoms with van der Waals surface area (Å²) < 4.78 is 31.7. The average Bonchev–Trinajstić information content (AvgIpc) is 2.39. The molecule has 0 aliphatic carbocycles. The summed E-state index contributed by atoms with van der Waals surface area (Å²) in [4.78, 5) is 3.88. The van der Waals surface area contributed by atoms with Gasteiger partial charge in [-0.25, -0.2) is 8.42 Å². The van der Waals surface area contributed by atoms with Gasteiger partial charge >= 0.3 is 0 Å². The van der Waals surface area contributed by atoms with Crippen LogP contribution in [0.3, 0.4) is 0 Å². The number of aromatic nitrogens is 1. The van der Waals surface area contributed by atoms with Crippen molar-refractivity contribution in [1.29, 1.82) is 0 Å². The van der Waals surface area contributed by atoms with Crippen LogP contribution < -0.4 is 0 Å². The van der Waals surface area contributed by atoms with Gasteiger partial charge in [0.2, 0.25) is 10.0 Å². The second-order valence-electron chi connectivity index (χ2n) is 4.07.